The number of nitrogens with zero attached hydrogens (tertiary/aromatic N) is 4. The number of hydrogen-bond acceptors (Lipinski definition) is 8. The minimum absolute atomic E-state index is 0.0350. The number of halogens is 7. The molecule has 3 aliphatic rings. The van der Waals surface area contributed by atoms with Gasteiger partial charge in [-0.25, -0.2) is 4.39 Å². The molecule has 2 aromatic carbocycles. The third-order valence-electron chi connectivity index (χ3n) is 8.89. The van der Waals surface area contributed by atoms with Crippen LogP contribution in [0.2, 0.25) is 0 Å². The Morgan fingerprint density at radius 1 is 0.958 bits per heavy atom. The van der Waals surface area contributed by atoms with Crippen molar-refractivity contribution in [2.24, 2.45) is 5.73 Å². The minimum atomic E-state index is -4.80. The molecule has 0 bridgehead atoms. The van der Waals surface area contributed by atoms with E-state index in [4.69, 9.17) is 14.9 Å². The molecule has 0 amide bonds. The summed E-state index contributed by atoms with van der Waals surface area (Å²) >= 11 is 0. The second kappa shape index (κ2) is 12.5. The van der Waals surface area contributed by atoms with Gasteiger partial charge < -0.3 is 24.7 Å². The van der Waals surface area contributed by atoms with Crippen LogP contribution < -0.4 is 5.73 Å². The number of benzene rings is 2. The molecule has 0 radical (unpaired) electrons. The predicted molar refractivity (Wildman–Crippen MR) is 157 cm³/mol. The molecule has 3 aliphatic heterocycles. The summed E-state index contributed by atoms with van der Waals surface area (Å²) in [5.41, 5.74) is 5.59. The number of furan rings is 1. The highest BCUT2D eigenvalue weighted by Crippen LogP contribution is 2.47. The van der Waals surface area contributed by atoms with Crippen LogP contribution in [0, 0.1) is 15.9 Å². The Bertz CT molecular complexity index is 1730. The summed E-state index contributed by atoms with van der Waals surface area (Å²) in [7, 11) is 0. The van der Waals surface area contributed by atoms with E-state index in [0.717, 1.165) is 24.3 Å². The summed E-state index contributed by atoms with van der Waals surface area (Å²) in [5.74, 6) is -1.93. The molecule has 1 unspecified atom stereocenters. The van der Waals surface area contributed by atoms with Gasteiger partial charge in [0.25, 0.3) is 5.69 Å². The van der Waals surface area contributed by atoms with E-state index in [-0.39, 0.29) is 31.2 Å². The zero-order valence-corrected chi connectivity index (χ0v) is 25.2. The highest BCUT2D eigenvalue weighted by atomic mass is 19.4. The number of ether oxygens (including phenoxy) is 1. The normalized spacial score (nSPS) is 18.8. The molecule has 256 valence electrons. The summed E-state index contributed by atoms with van der Waals surface area (Å²) < 4.78 is 107. The van der Waals surface area contributed by atoms with Gasteiger partial charge in [0.05, 0.1) is 29.4 Å². The van der Waals surface area contributed by atoms with Crippen molar-refractivity contribution >= 4 is 5.69 Å². The van der Waals surface area contributed by atoms with Gasteiger partial charge in [-0.05, 0) is 29.8 Å². The summed E-state index contributed by atoms with van der Waals surface area (Å²) in [5, 5.41) is 11.1. The SMILES string of the molecule is NC(CN1C=C2C(=COC23CCN(Cc2ccc(C(F)(F)F)o2)CC3)N(Cc2c(F)cccc2C(F)(F)F)C1)c1ccc([N+](=O)[O-])cc1. The molecule has 1 saturated heterocycles. The van der Waals surface area contributed by atoms with Crippen LogP contribution in [0.5, 0.6) is 0 Å². The standard InChI is InChI=1S/C32H30F7N5O4/c33-26-3-1-2-24(31(34,35)36)23(26)15-43-19-42(17-27(40)20-4-6-21(7-5-20)44(45)46)16-25-28(43)18-47-30(25)10-12-41(13-11-30)14-22-8-9-29(48-22)32(37,38)39/h1-9,16,18,27H,10-15,17,19,40H2. The Balaban J connectivity index is 1.25. The van der Waals surface area contributed by atoms with Gasteiger partial charge in [0, 0.05) is 74.5 Å². The topological polar surface area (TPSA) is 101 Å². The van der Waals surface area contributed by atoms with Crippen molar-refractivity contribution in [1.82, 2.24) is 14.7 Å². The van der Waals surface area contributed by atoms with Gasteiger partial charge in [0.1, 0.15) is 23.4 Å². The summed E-state index contributed by atoms with van der Waals surface area (Å²) in [4.78, 5) is 15.9. The molecule has 0 saturated carbocycles. The van der Waals surface area contributed by atoms with Crippen molar-refractivity contribution in [3.05, 3.63) is 122 Å². The van der Waals surface area contributed by atoms with Crippen molar-refractivity contribution in [3.8, 4) is 0 Å². The van der Waals surface area contributed by atoms with E-state index in [9.17, 15) is 40.8 Å². The number of nitrogens with two attached hydrogens (primary N) is 1. The van der Waals surface area contributed by atoms with Crippen LogP contribution in [0.1, 0.15) is 47.1 Å². The molecule has 9 nitrogen and oxygen atoms in total. The molecule has 4 heterocycles. The Morgan fingerprint density at radius 2 is 1.67 bits per heavy atom. The Kier molecular flexibility index (Phi) is 8.66. The number of rotatable bonds is 8. The van der Waals surface area contributed by atoms with Gasteiger partial charge in [-0.2, -0.15) is 26.3 Å². The second-order valence-electron chi connectivity index (χ2n) is 12.0. The highest BCUT2D eigenvalue weighted by molar-refractivity contribution is 5.44. The lowest BCUT2D eigenvalue weighted by atomic mass is 9.83. The van der Waals surface area contributed by atoms with E-state index in [1.807, 2.05) is 11.1 Å². The fourth-order valence-corrected chi connectivity index (χ4v) is 6.39. The number of nitro groups is 1. The number of alkyl halides is 6. The van der Waals surface area contributed by atoms with E-state index in [1.165, 1.54) is 36.6 Å². The van der Waals surface area contributed by atoms with E-state index in [1.54, 1.807) is 9.80 Å². The highest BCUT2D eigenvalue weighted by Gasteiger charge is 2.48. The third kappa shape index (κ3) is 6.71. The Morgan fingerprint density at radius 3 is 2.29 bits per heavy atom. The van der Waals surface area contributed by atoms with Crippen LogP contribution in [0.3, 0.4) is 0 Å². The van der Waals surface area contributed by atoms with Crippen LogP contribution in [-0.4, -0.2) is 51.5 Å². The van der Waals surface area contributed by atoms with Crippen LogP contribution >= 0.6 is 0 Å². The van der Waals surface area contributed by atoms with Crippen LogP contribution in [-0.2, 0) is 30.2 Å². The molecule has 1 atom stereocenters. The molecule has 1 aromatic heterocycles. The smallest absolute Gasteiger partial charge is 0.449 e. The van der Waals surface area contributed by atoms with Crippen LogP contribution in [0.15, 0.2) is 82.7 Å². The molecule has 0 aliphatic carbocycles. The molecule has 1 spiro atoms. The van der Waals surface area contributed by atoms with Gasteiger partial charge in [0.2, 0.25) is 5.76 Å². The lowest BCUT2D eigenvalue weighted by Gasteiger charge is -2.44. The predicted octanol–water partition coefficient (Wildman–Crippen LogP) is 6.93. The minimum Gasteiger partial charge on any atom is -0.488 e. The third-order valence-corrected chi connectivity index (χ3v) is 8.89. The fraction of sp³-hybridized carbons (Fsp3) is 0.375. The van der Waals surface area contributed by atoms with Gasteiger partial charge >= 0.3 is 12.4 Å². The van der Waals surface area contributed by atoms with Gasteiger partial charge in [-0.15, -0.1) is 0 Å². The van der Waals surface area contributed by atoms with Gasteiger partial charge in [-0.3, -0.25) is 15.0 Å². The van der Waals surface area contributed by atoms with Crippen molar-refractivity contribution in [1.29, 1.82) is 0 Å². The second-order valence-corrected chi connectivity index (χ2v) is 12.0. The molecule has 2 N–H and O–H groups in total. The average Bonchev–Trinajstić information content (AvgIpc) is 3.64. The first kappa shape index (κ1) is 33.3. The van der Waals surface area contributed by atoms with Crippen LogP contribution in [0.4, 0.5) is 36.4 Å². The van der Waals surface area contributed by atoms with E-state index < -0.39 is 58.2 Å². The Hall–Kier alpha value is -4.57. The van der Waals surface area contributed by atoms with Crippen molar-refractivity contribution in [2.45, 2.75) is 49.9 Å². The number of fused-ring (bicyclic) bond motifs is 2. The molecule has 3 aromatic rings. The summed E-state index contributed by atoms with van der Waals surface area (Å²) in [6.45, 7) is 0.730. The first-order valence-electron chi connectivity index (χ1n) is 15.0. The van der Waals surface area contributed by atoms with E-state index in [2.05, 4.69) is 0 Å². The number of likely N-dealkylation sites (tertiary alicyclic amines) is 1. The first-order chi connectivity index (χ1) is 22.6. The van der Waals surface area contributed by atoms with Crippen molar-refractivity contribution < 1.29 is 44.8 Å². The number of hydrogen-bond donors (Lipinski definition) is 1. The number of non-ortho nitro benzene ring substituents is 1. The number of nitro benzene ring substituents is 1. The molecule has 48 heavy (non-hydrogen) atoms. The summed E-state index contributed by atoms with van der Waals surface area (Å²) in [6, 6.07) is 10.0. The largest absolute Gasteiger partial charge is 0.488 e. The van der Waals surface area contributed by atoms with Gasteiger partial charge in [-0.1, -0.05) is 18.2 Å². The fourth-order valence-electron chi connectivity index (χ4n) is 6.39. The average molecular weight is 682 g/mol. The monoisotopic (exact) mass is 681 g/mol. The Labute approximate surface area is 269 Å². The van der Waals surface area contributed by atoms with Crippen LogP contribution in [0.25, 0.3) is 0 Å². The molecule has 1 fully saturated rings. The lowest BCUT2D eigenvalue weighted by Crippen LogP contribution is -2.49. The maximum atomic E-state index is 15.0. The van der Waals surface area contributed by atoms with E-state index in [0.29, 0.717) is 42.8 Å². The van der Waals surface area contributed by atoms with E-state index >= 15 is 0 Å². The molecular formula is C32H30F7N5O4. The maximum absolute atomic E-state index is 15.0. The zero-order valence-electron chi connectivity index (χ0n) is 25.2. The summed E-state index contributed by atoms with van der Waals surface area (Å²) in [6.07, 6.45) is -5.31. The van der Waals surface area contributed by atoms with Crippen molar-refractivity contribution in [3.63, 3.8) is 0 Å². The zero-order chi connectivity index (χ0) is 34.4. The molecule has 16 heteroatoms. The van der Waals surface area contributed by atoms with Gasteiger partial charge in [0.15, 0.2) is 0 Å². The molecular weight excluding hydrogens is 651 g/mol. The first-order valence-corrected chi connectivity index (χ1v) is 15.0. The maximum Gasteiger partial charge on any atom is 0.449 e. The quantitative estimate of drug-likeness (QED) is 0.155. The molecule has 6 rings (SSSR count). The lowest BCUT2D eigenvalue weighted by molar-refractivity contribution is -0.384. The van der Waals surface area contributed by atoms with Crippen molar-refractivity contribution in [2.75, 3.05) is 26.3 Å². The number of piperidine rings is 1.